The lowest BCUT2D eigenvalue weighted by molar-refractivity contribution is -0.146. The summed E-state index contributed by atoms with van der Waals surface area (Å²) in [5, 5.41) is 28.2. The second kappa shape index (κ2) is 8.33. The van der Waals surface area contributed by atoms with Crippen molar-refractivity contribution in [1.29, 1.82) is 0 Å². The van der Waals surface area contributed by atoms with Gasteiger partial charge in [0.2, 0.25) is 0 Å². The van der Waals surface area contributed by atoms with Gasteiger partial charge in [0.05, 0.1) is 7.11 Å². The third kappa shape index (κ3) is 4.97. The van der Waals surface area contributed by atoms with Crippen molar-refractivity contribution in [2.75, 3.05) is 13.7 Å². The van der Waals surface area contributed by atoms with Gasteiger partial charge in [0, 0.05) is 6.42 Å². The average Bonchev–Trinajstić information content (AvgIpc) is 2.60. The highest BCUT2D eigenvalue weighted by Crippen LogP contribution is 2.21. The van der Waals surface area contributed by atoms with Crippen LogP contribution in [0.3, 0.4) is 0 Å². The molecule has 2 atom stereocenters. The number of aliphatic hydroxyl groups is 2. The van der Waals surface area contributed by atoms with Gasteiger partial charge in [-0.3, -0.25) is 0 Å². The normalized spacial score (nSPS) is 13.1. The molecule has 0 aliphatic rings. The van der Waals surface area contributed by atoms with Crippen LogP contribution in [0, 0.1) is 0 Å². The SMILES string of the molecule is COc1cccc(C(O)COc2ccc(CC(O)C(=O)O)cc2)c1. The summed E-state index contributed by atoms with van der Waals surface area (Å²) in [5.74, 6) is -0.0462. The second-order valence-corrected chi connectivity index (χ2v) is 5.31. The summed E-state index contributed by atoms with van der Waals surface area (Å²) < 4.78 is 10.6. The second-order valence-electron chi connectivity index (χ2n) is 5.31. The van der Waals surface area contributed by atoms with E-state index in [0.717, 1.165) is 0 Å². The molecule has 0 aromatic heterocycles. The van der Waals surface area contributed by atoms with Crippen LogP contribution in [0.15, 0.2) is 48.5 Å². The van der Waals surface area contributed by atoms with Crippen LogP contribution in [0.4, 0.5) is 0 Å². The summed E-state index contributed by atoms with van der Waals surface area (Å²) in [7, 11) is 1.56. The minimum atomic E-state index is -1.42. The van der Waals surface area contributed by atoms with Crippen LogP contribution in [0.1, 0.15) is 17.2 Å². The van der Waals surface area contributed by atoms with Gasteiger partial charge in [0.15, 0.2) is 6.10 Å². The Morgan fingerprint density at radius 2 is 1.79 bits per heavy atom. The molecule has 0 spiro atoms. The van der Waals surface area contributed by atoms with E-state index in [2.05, 4.69) is 0 Å². The van der Waals surface area contributed by atoms with E-state index in [-0.39, 0.29) is 13.0 Å². The summed E-state index contributed by atoms with van der Waals surface area (Å²) in [6.07, 6.45) is -2.19. The summed E-state index contributed by atoms with van der Waals surface area (Å²) >= 11 is 0. The fourth-order valence-electron chi connectivity index (χ4n) is 2.15. The van der Waals surface area contributed by atoms with Crippen LogP contribution in [-0.4, -0.2) is 41.1 Å². The molecule has 0 fully saturated rings. The molecule has 0 aliphatic heterocycles. The summed E-state index contributed by atoms with van der Waals surface area (Å²) in [6.45, 7) is 0.0737. The number of aliphatic carboxylic acids is 1. The predicted molar refractivity (Wildman–Crippen MR) is 87.2 cm³/mol. The van der Waals surface area contributed by atoms with Gasteiger partial charge in [0.1, 0.15) is 24.2 Å². The third-order valence-electron chi connectivity index (χ3n) is 3.52. The maximum Gasteiger partial charge on any atom is 0.332 e. The number of carboxylic acid groups (broad SMARTS) is 1. The third-order valence-corrected chi connectivity index (χ3v) is 3.52. The number of methoxy groups -OCH3 is 1. The molecule has 6 heteroatoms. The Kier molecular flexibility index (Phi) is 6.17. The molecule has 0 amide bonds. The van der Waals surface area contributed by atoms with E-state index >= 15 is 0 Å². The quantitative estimate of drug-likeness (QED) is 0.682. The van der Waals surface area contributed by atoms with E-state index in [9.17, 15) is 15.0 Å². The summed E-state index contributed by atoms with van der Waals surface area (Å²) in [5.41, 5.74) is 1.38. The summed E-state index contributed by atoms with van der Waals surface area (Å²) in [6, 6.07) is 13.8. The van der Waals surface area contributed by atoms with E-state index in [1.807, 2.05) is 0 Å². The molecule has 2 unspecified atom stereocenters. The molecule has 0 bridgehead atoms. The molecule has 2 aromatic rings. The van der Waals surface area contributed by atoms with Crippen molar-refractivity contribution in [3.8, 4) is 11.5 Å². The van der Waals surface area contributed by atoms with Crippen LogP contribution in [0.2, 0.25) is 0 Å². The van der Waals surface area contributed by atoms with E-state index in [1.54, 1.807) is 55.6 Å². The number of hydrogen-bond acceptors (Lipinski definition) is 5. The van der Waals surface area contributed by atoms with Crippen molar-refractivity contribution in [3.05, 3.63) is 59.7 Å². The van der Waals surface area contributed by atoms with Gasteiger partial charge < -0.3 is 24.8 Å². The standard InChI is InChI=1S/C18H20O6/c1-23-15-4-2-3-13(10-15)17(20)11-24-14-7-5-12(6-8-14)9-16(19)18(21)22/h2-8,10,16-17,19-20H,9,11H2,1H3,(H,21,22). The molecule has 3 N–H and O–H groups in total. The molecule has 2 rings (SSSR count). The van der Waals surface area contributed by atoms with Gasteiger partial charge in [0.25, 0.3) is 0 Å². The Morgan fingerprint density at radius 1 is 1.08 bits per heavy atom. The van der Waals surface area contributed by atoms with Gasteiger partial charge in [-0.1, -0.05) is 24.3 Å². The van der Waals surface area contributed by atoms with Crippen molar-refractivity contribution in [3.63, 3.8) is 0 Å². The first-order valence-corrected chi connectivity index (χ1v) is 7.44. The van der Waals surface area contributed by atoms with Crippen LogP contribution >= 0.6 is 0 Å². The average molecular weight is 332 g/mol. The predicted octanol–water partition coefficient (Wildman–Crippen LogP) is 1.80. The molecule has 6 nitrogen and oxygen atoms in total. The van der Waals surface area contributed by atoms with Crippen molar-refractivity contribution < 1.29 is 29.6 Å². The maximum absolute atomic E-state index is 10.6. The zero-order chi connectivity index (χ0) is 17.5. The molecule has 0 heterocycles. The number of rotatable bonds is 8. The van der Waals surface area contributed by atoms with E-state index in [4.69, 9.17) is 14.6 Å². The minimum Gasteiger partial charge on any atom is -0.497 e. The van der Waals surface area contributed by atoms with Crippen LogP contribution < -0.4 is 9.47 Å². The lowest BCUT2D eigenvalue weighted by Gasteiger charge is -2.14. The zero-order valence-corrected chi connectivity index (χ0v) is 13.3. The van der Waals surface area contributed by atoms with E-state index < -0.39 is 18.2 Å². The zero-order valence-electron chi connectivity index (χ0n) is 13.3. The largest absolute Gasteiger partial charge is 0.497 e. The van der Waals surface area contributed by atoms with E-state index in [0.29, 0.717) is 22.6 Å². The lowest BCUT2D eigenvalue weighted by Crippen LogP contribution is -2.21. The first kappa shape index (κ1) is 17.8. The van der Waals surface area contributed by atoms with Crippen molar-refractivity contribution in [1.82, 2.24) is 0 Å². The van der Waals surface area contributed by atoms with Crippen molar-refractivity contribution >= 4 is 5.97 Å². The van der Waals surface area contributed by atoms with Gasteiger partial charge in [-0.05, 0) is 35.4 Å². The summed E-state index contributed by atoms with van der Waals surface area (Å²) in [4.78, 5) is 10.6. The molecule has 128 valence electrons. The van der Waals surface area contributed by atoms with Gasteiger partial charge >= 0.3 is 5.97 Å². The fourth-order valence-corrected chi connectivity index (χ4v) is 2.15. The molecular formula is C18H20O6. The topological polar surface area (TPSA) is 96.2 Å². The smallest absolute Gasteiger partial charge is 0.332 e. The Balaban J connectivity index is 1.90. The van der Waals surface area contributed by atoms with Crippen LogP contribution in [0.5, 0.6) is 11.5 Å². The first-order chi connectivity index (χ1) is 11.5. The van der Waals surface area contributed by atoms with Gasteiger partial charge in [-0.15, -0.1) is 0 Å². The number of ether oxygens (including phenoxy) is 2. The highest BCUT2D eigenvalue weighted by molar-refractivity contribution is 5.72. The number of benzene rings is 2. The number of carboxylic acids is 1. The highest BCUT2D eigenvalue weighted by atomic mass is 16.5. The van der Waals surface area contributed by atoms with Crippen LogP contribution in [-0.2, 0) is 11.2 Å². The van der Waals surface area contributed by atoms with Crippen LogP contribution in [0.25, 0.3) is 0 Å². The Bertz CT molecular complexity index is 667. The molecule has 2 aromatic carbocycles. The fraction of sp³-hybridized carbons (Fsp3) is 0.278. The molecule has 0 aliphatic carbocycles. The maximum atomic E-state index is 10.6. The Hall–Kier alpha value is -2.57. The van der Waals surface area contributed by atoms with E-state index in [1.165, 1.54) is 0 Å². The van der Waals surface area contributed by atoms with Crippen molar-refractivity contribution in [2.45, 2.75) is 18.6 Å². The minimum absolute atomic E-state index is 0.0298. The van der Waals surface area contributed by atoms with Gasteiger partial charge in [-0.25, -0.2) is 4.79 Å². The molecule has 0 saturated carbocycles. The highest BCUT2D eigenvalue weighted by Gasteiger charge is 2.14. The van der Waals surface area contributed by atoms with Crippen molar-refractivity contribution in [2.24, 2.45) is 0 Å². The molecule has 0 radical (unpaired) electrons. The van der Waals surface area contributed by atoms with Gasteiger partial charge in [-0.2, -0.15) is 0 Å². The molecule has 0 saturated heterocycles. The Morgan fingerprint density at radius 3 is 2.42 bits per heavy atom. The number of carbonyl (C=O) groups is 1. The first-order valence-electron chi connectivity index (χ1n) is 7.44. The number of hydrogen-bond donors (Lipinski definition) is 3. The lowest BCUT2D eigenvalue weighted by atomic mass is 10.1. The Labute approximate surface area is 139 Å². The number of aliphatic hydroxyl groups excluding tert-OH is 2. The molecular weight excluding hydrogens is 312 g/mol. The molecule has 24 heavy (non-hydrogen) atoms. The monoisotopic (exact) mass is 332 g/mol.